The number of hydrogen-bond donors (Lipinski definition) is 2. The minimum absolute atomic E-state index is 0.209. The third kappa shape index (κ3) is 2.13. The Hall–Kier alpha value is -1.88. The normalized spacial score (nSPS) is 10.5. The number of hydrogen-bond acceptors (Lipinski definition) is 5. The smallest absolute Gasteiger partial charge is 0.257 e. The molecule has 78 valence electrons. The highest BCUT2D eigenvalue weighted by atomic mass is 16.5. The molecule has 0 atom stereocenters. The zero-order valence-electron chi connectivity index (χ0n) is 8.05. The van der Waals surface area contributed by atoms with Crippen LogP contribution in [0, 0.1) is 0 Å². The van der Waals surface area contributed by atoms with Gasteiger partial charge in [-0.1, -0.05) is 5.16 Å². The average molecular weight is 205 g/mol. The van der Waals surface area contributed by atoms with Gasteiger partial charge >= 0.3 is 0 Å². The highest BCUT2D eigenvalue weighted by Gasteiger charge is 2.07. The van der Waals surface area contributed by atoms with Crippen LogP contribution in [0.4, 0.5) is 0 Å². The van der Waals surface area contributed by atoms with Crippen molar-refractivity contribution in [2.75, 3.05) is 6.54 Å². The predicted molar refractivity (Wildman–Crippen MR) is 54.2 cm³/mol. The van der Waals surface area contributed by atoms with E-state index >= 15 is 0 Å². The number of aromatic nitrogens is 2. The minimum atomic E-state index is 0.209. The van der Waals surface area contributed by atoms with Crippen LogP contribution >= 0.6 is 0 Å². The molecule has 0 radical (unpaired) electrons. The lowest BCUT2D eigenvalue weighted by molar-refractivity contribution is 0.422. The fourth-order valence-corrected chi connectivity index (χ4v) is 1.21. The van der Waals surface area contributed by atoms with Crippen molar-refractivity contribution >= 4 is 0 Å². The lowest BCUT2D eigenvalue weighted by Gasteiger charge is -1.93. The summed E-state index contributed by atoms with van der Waals surface area (Å²) >= 11 is 0. The SMILES string of the molecule is NCCc1noc(-c2ccc(O)cc2)n1. The highest BCUT2D eigenvalue weighted by Crippen LogP contribution is 2.19. The van der Waals surface area contributed by atoms with Gasteiger partial charge in [-0.05, 0) is 30.8 Å². The van der Waals surface area contributed by atoms with Crippen LogP contribution in [0.2, 0.25) is 0 Å². The van der Waals surface area contributed by atoms with Gasteiger partial charge in [-0.3, -0.25) is 0 Å². The van der Waals surface area contributed by atoms with Gasteiger partial charge in [0.25, 0.3) is 5.89 Å². The van der Waals surface area contributed by atoms with Crippen LogP contribution in [0.3, 0.4) is 0 Å². The number of benzene rings is 1. The Bertz CT molecular complexity index is 436. The third-order valence-corrected chi connectivity index (χ3v) is 1.95. The van der Waals surface area contributed by atoms with E-state index in [0.29, 0.717) is 24.7 Å². The van der Waals surface area contributed by atoms with Crippen LogP contribution in [0.25, 0.3) is 11.5 Å². The van der Waals surface area contributed by atoms with Gasteiger partial charge in [0.1, 0.15) is 5.75 Å². The summed E-state index contributed by atoms with van der Waals surface area (Å²) in [5.41, 5.74) is 6.15. The summed E-state index contributed by atoms with van der Waals surface area (Å²) in [5, 5.41) is 12.9. The summed E-state index contributed by atoms with van der Waals surface area (Å²) in [4.78, 5) is 4.16. The number of nitrogens with zero attached hydrogens (tertiary/aromatic N) is 2. The predicted octanol–water partition coefficient (Wildman–Crippen LogP) is 0.943. The first-order valence-electron chi connectivity index (χ1n) is 4.61. The van der Waals surface area contributed by atoms with Crippen LogP contribution < -0.4 is 5.73 Å². The molecule has 0 fully saturated rings. The van der Waals surface area contributed by atoms with E-state index in [1.165, 1.54) is 0 Å². The number of aromatic hydroxyl groups is 1. The van der Waals surface area contributed by atoms with Gasteiger partial charge in [-0.2, -0.15) is 4.98 Å². The Labute approximate surface area is 86.5 Å². The molecule has 2 rings (SSSR count). The van der Waals surface area contributed by atoms with Gasteiger partial charge in [0.05, 0.1) is 0 Å². The topological polar surface area (TPSA) is 85.2 Å². The van der Waals surface area contributed by atoms with Crippen molar-refractivity contribution in [2.24, 2.45) is 5.73 Å². The second-order valence-corrected chi connectivity index (χ2v) is 3.10. The number of rotatable bonds is 3. The first-order chi connectivity index (χ1) is 7.29. The molecule has 0 unspecified atom stereocenters. The lowest BCUT2D eigenvalue weighted by Crippen LogP contribution is -2.03. The molecule has 1 heterocycles. The first-order valence-corrected chi connectivity index (χ1v) is 4.61. The molecule has 1 aromatic heterocycles. The molecule has 0 aliphatic carbocycles. The molecule has 15 heavy (non-hydrogen) atoms. The Morgan fingerprint density at radius 3 is 2.67 bits per heavy atom. The lowest BCUT2D eigenvalue weighted by atomic mass is 10.2. The van der Waals surface area contributed by atoms with Crippen LogP contribution in [0.5, 0.6) is 5.75 Å². The maximum atomic E-state index is 9.11. The number of phenols is 1. The van der Waals surface area contributed by atoms with E-state index < -0.39 is 0 Å². The maximum Gasteiger partial charge on any atom is 0.257 e. The molecule has 5 heteroatoms. The van der Waals surface area contributed by atoms with Gasteiger partial charge in [-0.15, -0.1) is 0 Å². The van der Waals surface area contributed by atoms with Gasteiger partial charge in [-0.25, -0.2) is 0 Å². The zero-order valence-corrected chi connectivity index (χ0v) is 8.05. The van der Waals surface area contributed by atoms with Crippen LogP contribution in [-0.2, 0) is 6.42 Å². The third-order valence-electron chi connectivity index (χ3n) is 1.95. The Kier molecular flexibility index (Phi) is 2.64. The molecule has 0 aliphatic rings. The summed E-state index contributed by atoms with van der Waals surface area (Å²) in [6, 6.07) is 6.58. The summed E-state index contributed by atoms with van der Waals surface area (Å²) < 4.78 is 5.04. The van der Waals surface area contributed by atoms with E-state index in [4.69, 9.17) is 15.4 Å². The number of nitrogens with two attached hydrogens (primary N) is 1. The number of phenolic OH excluding ortho intramolecular Hbond substituents is 1. The molecule has 0 amide bonds. The van der Waals surface area contributed by atoms with Crippen molar-refractivity contribution in [3.05, 3.63) is 30.1 Å². The molecule has 0 aliphatic heterocycles. The van der Waals surface area contributed by atoms with Crippen LogP contribution in [-0.4, -0.2) is 21.8 Å². The Balaban J connectivity index is 2.25. The molecule has 3 N–H and O–H groups in total. The summed E-state index contributed by atoms with van der Waals surface area (Å²) in [6.45, 7) is 0.495. The molecule has 0 bridgehead atoms. The second kappa shape index (κ2) is 4.10. The maximum absolute atomic E-state index is 9.11. The molecule has 2 aromatic rings. The standard InChI is InChI=1S/C10H11N3O2/c11-6-5-9-12-10(15-13-9)7-1-3-8(14)4-2-7/h1-4,14H,5-6,11H2. The summed E-state index contributed by atoms with van der Waals surface area (Å²) in [6.07, 6.45) is 0.599. The monoisotopic (exact) mass is 205 g/mol. The van der Waals surface area contributed by atoms with Gasteiger partial charge in [0.2, 0.25) is 0 Å². The van der Waals surface area contributed by atoms with Crippen molar-refractivity contribution < 1.29 is 9.63 Å². The average Bonchev–Trinajstić information content (AvgIpc) is 2.68. The van der Waals surface area contributed by atoms with Crippen molar-refractivity contribution in [1.82, 2.24) is 10.1 Å². The van der Waals surface area contributed by atoms with Crippen LogP contribution in [0.1, 0.15) is 5.82 Å². The fraction of sp³-hybridized carbons (Fsp3) is 0.200. The van der Waals surface area contributed by atoms with Crippen molar-refractivity contribution in [2.45, 2.75) is 6.42 Å². The minimum Gasteiger partial charge on any atom is -0.508 e. The van der Waals surface area contributed by atoms with E-state index in [9.17, 15) is 0 Å². The molecule has 0 spiro atoms. The molecular weight excluding hydrogens is 194 g/mol. The Morgan fingerprint density at radius 2 is 2.00 bits per heavy atom. The van der Waals surface area contributed by atoms with Crippen molar-refractivity contribution in [3.63, 3.8) is 0 Å². The zero-order chi connectivity index (χ0) is 10.7. The van der Waals surface area contributed by atoms with Crippen LogP contribution in [0.15, 0.2) is 28.8 Å². The van der Waals surface area contributed by atoms with E-state index in [1.54, 1.807) is 24.3 Å². The quantitative estimate of drug-likeness (QED) is 0.779. The largest absolute Gasteiger partial charge is 0.508 e. The molecule has 0 saturated heterocycles. The van der Waals surface area contributed by atoms with Gasteiger partial charge in [0, 0.05) is 12.0 Å². The van der Waals surface area contributed by atoms with E-state index in [-0.39, 0.29) is 5.75 Å². The van der Waals surface area contributed by atoms with Gasteiger partial charge < -0.3 is 15.4 Å². The van der Waals surface area contributed by atoms with Crippen molar-refractivity contribution in [3.8, 4) is 17.2 Å². The molecule has 1 aromatic carbocycles. The van der Waals surface area contributed by atoms with Crippen molar-refractivity contribution in [1.29, 1.82) is 0 Å². The molecule has 0 saturated carbocycles. The first kappa shape index (κ1) is 9.67. The second-order valence-electron chi connectivity index (χ2n) is 3.10. The highest BCUT2D eigenvalue weighted by molar-refractivity contribution is 5.53. The molecule has 5 nitrogen and oxygen atoms in total. The molecular formula is C10H11N3O2. The fourth-order valence-electron chi connectivity index (χ4n) is 1.21. The Morgan fingerprint density at radius 1 is 1.27 bits per heavy atom. The van der Waals surface area contributed by atoms with E-state index in [0.717, 1.165) is 5.56 Å². The van der Waals surface area contributed by atoms with E-state index in [1.807, 2.05) is 0 Å². The summed E-state index contributed by atoms with van der Waals surface area (Å²) in [7, 11) is 0. The van der Waals surface area contributed by atoms with Gasteiger partial charge in [0.15, 0.2) is 5.82 Å². The van der Waals surface area contributed by atoms with E-state index in [2.05, 4.69) is 10.1 Å². The summed E-state index contributed by atoms with van der Waals surface area (Å²) in [5.74, 6) is 1.25.